The minimum absolute atomic E-state index is 0.0514. The molecule has 0 aliphatic rings. The number of hydrogen-bond acceptors (Lipinski definition) is 4. The summed E-state index contributed by atoms with van der Waals surface area (Å²) in [6, 6.07) is 6.40. The van der Waals surface area contributed by atoms with Gasteiger partial charge in [0.05, 0.1) is 0 Å². The van der Waals surface area contributed by atoms with Crippen molar-refractivity contribution in [2.24, 2.45) is 0 Å². The number of nitrogens with two attached hydrogens (primary N) is 1. The maximum atomic E-state index is 12.3. The van der Waals surface area contributed by atoms with Crippen LogP contribution in [0.1, 0.15) is 12.5 Å². The van der Waals surface area contributed by atoms with Gasteiger partial charge in [0.25, 0.3) is 0 Å². The van der Waals surface area contributed by atoms with Gasteiger partial charge in [-0.25, -0.2) is 0 Å². The molecule has 0 fully saturated rings. The Balaban J connectivity index is 2.49. The molecule has 0 aliphatic carbocycles. The molecule has 1 aromatic carbocycles. The average Bonchev–Trinajstić information content (AvgIpc) is 2.70. The molecule has 0 atom stereocenters. The zero-order valence-electron chi connectivity index (χ0n) is 9.69. The molecular weight excluding hydrogens is 242 g/mol. The van der Waals surface area contributed by atoms with Gasteiger partial charge in [0.1, 0.15) is 11.4 Å². The van der Waals surface area contributed by atoms with E-state index in [0.717, 1.165) is 0 Å². The fraction of sp³-hybridized carbons (Fsp3) is 0.250. The van der Waals surface area contributed by atoms with Crippen LogP contribution < -0.4 is 10.5 Å². The van der Waals surface area contributed by atoms with E-state index in [1.54, 1.807) is 18.2 Å². The first-order valence-corrected chi connectivity index (χ1v) is 5.41. The molecule has 0 bridgehead atoms. The lowest BCUT2D eigenvalue weighted by molar-refractivity contribution is -0.0494. The van der Waals surface area contributed by atoms with E-state index in [9.17, 15) is 8.78 Å². The molecule has 0 spiro atoms. The highest BCUT2D eigenvalue weighted by atomic mass is 19.3. The van der Waals surface area contributed by atoms with Gasteiger partial charge in [0.2, 0.25) is 5.88 Å². The molecule has 0 saturated heterocycles. The van der Waals surface area contributed by atoms with Gasteiger partial charge in [0.15, 0.2) is 0 Å². The van der Waals surface area contributed by atoms with Gasteiger partial charge in [-0.15, -0.1) is 0 Å². The lowest BCUT2D eigenvalue weighted by atomic mass is 10.1. The molecule has 2 aromatic rings. The number of rotatable bonds is 4. The van der Waals surface area contributed by atoms with E-state index in [1.165, 1.54) is 6.07 Å². The summed E-state index contributed by atoms with van der Waals surface area (Å²) in [7, 11) is 0. The van der Waals surface area contributed by atoms with Crippen LogP contribution in [0.5, 0.6) is 5.75 Å². The van der Waals surface area contributed by atoms with Crippen LogP contribution in [-0.4, -0.2) is 11.8 Å². The maximum Gasteiger partial charge on any atom is 0.387 e. The fourth-order valence-electron chi connectivity index (χ4n) is 1.74. The van der Waals surface area contributed by atoms with E-state index >= 15 is 0 Å². The van der Waals surface area contributed by atoms with Gasteiger partial charge in [0, 0.05) is 11.1 Å². The molecule has 18 heavy (non-hydrogen) atoms. The third kappa shape index (κ3) is 2.27. The van der Waals surface area contributed by atoms with E-state index in [0.29, 0.717) is 23.2 Å². The van der Waals surface area contributed by atoms with Gasteiger partial charge >= 0.3 is 6.61 Å². The highest BCUT2D eigenvalue weighted by Gasteiger charge is 2.18. The Hall–Kier alpha value is -2.11. The smallest absolute Gasteiger partial charge is 0.387 e. The Morgan fingerprint density at radius 1 is 1.39 bits per heavy atom. The van der Waals surface area contributed by atoms with Crippen LogP contribution in [0.4, 0.5) is 14.7 Å². The summed E-state index contributed by atoms with van der Waals surface area (Å²) in [4.78, 5) is 0. The van der Waals surface area contributed by atoms with Crippen LogP contribution in [0.15, 0.2) is 28.8 Å². The van der Waals surface area contributed by atoms with Crippen LogP contribution in [-0.2, 0) is 6.42 Å². The molecule has 0 aliphatic heterocycles. The van der Waals surface area contributed by atoms with Crippen molar-refractivity contribution < 1.29 is 18.0 Å². The first-order chi connectivity index (χ1) is 8.63. The van der Waals surface area contributed by atoms with Crippen molar-refractivity contribution in [3.05, 3.63) is 29.8 Å². The Morgan fingerprint density at radius 3 is 2.78 bits per heavy atom. The molecule has 0 saturated carbocycles. The molecule has 6 heteroatoms. The second kappa shape index (κ2) is 5.03. The quantitative estimate of drug-likeness (QED) is 0.910. The van der Waals surface area contributed by atoms with Gasteiger partial charge in [-0.2, -0.15) is 8.78 Å². The topological polar surface area (TPSA) is 61.3 Å². The Labute approximate surface area is 102 Å². The lowest BCUT2D eigenvalue weighted by Gasteiger charge is -2.09. The number of nitrogen functional groups attached to an aromatic ring is 1. The normalized spacial score (nSPS) is 10.9. The molecule has 1 aromatic heterocycles. The number of alkyl halides is 2. The molecule has 0 radical (unpaired) electrons. The predicted octanol–water partition coefficient (Wildman–Crippen LogP) is 3.09. The van der Waals surface area contributed by atoms with Crippen LogP contribution >= 0.6 is 0 Å². The van der Waals surface area contributed by atoms with Crippen molar-refractivity contribution in [2.75, 3.05) is 5.73 Å². The summed E-state index contributed by atoms with van der Waals surface area (Å²) in [5.41, 5.74) is 7.18. The van der Waals surface area contributed by atoms with Crippen molar-refractivity contribution in [2.45, 2.75) is 20.0 Å². The fourth-order valence-corrected chi connectivity index (χ4v) is 1.74. The molecule has 2 rings (SSSR count). The summed E-state index contributed by atoms with van der Waals surface area (Å²) in [5, 5.41) is 3.80. The maximum absolute atomic E-state index is 12.3. The van der Waals surface area contributed by atoms with Crippen molar-refractivity contribution in [3.8, 4) is 17.0 Å². The zero-order chi connectivity index (χ0) is 13.1. The third-order valence-corrected chi connectivity index (χ3v) is 2.53. The number of benzene rings is 1. The van der Waals surface area contributed by atoms with Crippen LogP contribution in [0.25, 0.3) is 11.3 Å². The molecule has 1 heterocycles. The van der Waals surface area contributed by atoms with Crippen molar-refractivity contribution in [1.29, 1.82) is 0 Å². The summed E-state index contributed by atoms with van der Waals surface area (Å²) < 4.78 is 34.0. The number of aromatic nitrogens is 1. The van der Waals surface area contributed by atoms with Gasteiger partial charge < -0.3 is 15.0 Å². The number of para-hydroxylation sites is 1. The van der Waals surface area contributed by atoms with Crippen LogP contribution in [0.3, 0.4) is 0 Å². The second-order valence-corrected chi connectivity index (χ2v) is 3.60. The molecule has 4 nitrogen and oxygen atoms in total. The largest absolute Gasteiger partial charge is 0.434 e. The van der Waals surface area contributed by atoms with Crippen molar-refractivity contribution in [3.63, 3.8) is 0 Å². The van der Waals surface area contributed by atoms with E-state index in [4.69, 9.17) is 10.3 Å². The Bertz CT molecular complexity index is 541. The van der Waals surface area contributed by atoms with Crippen LogP contribution in [0.2, 0.25) is 0 Å². The van der Waals surface area contributed by atoms with Gasteiger partial charge in [-0.3, -0.25) is 0 Å². The molecule has 0 amide bonds. The van der Waals surface area contributed by atoms with Crippen molar-refractivity contribution >= 4 is 5.88 Å². The molecule has 0 unspecified atom stereocenters. The monoisotopic (exact) mass is 254 g/mol. The van der Waals surface area contributed by atoms with E-state index in [-0.39, 0.29) is 11.6 Å². The van der Waals surface area contributed by atoms with E-state index in [2.05, 4.69) is 9.89 Å². The highest BCUT2D eigenvalue weighted by Crippen LogP contribution is 2.34. The highest BCUT2D eigenvalue weighted by molar-refractivity contribution is 5.72. The number of ether oxygens (including phenoxy) is 1. The van der Waals surface area contributed by atoms with E-state index in [1.807, 2.05) is 6.92 Å². The molecule has 2 N–H and O–H groups in total. The van der Waals surface area contributed by atoms with Gasteiger partial charge in [-0.05, 0) is 18.6 Å². The predicted molar refractivity (Wildman–Crippen MR) is 62.4 cm³/mol. The zero-order valence-corrected chi connectivity index (χ0v) is 9.69. The first kappa shape index (κ1) is 12.3. The van der Waals surface area contributed by atoms with Crippen LogP contribution in [0, 0.1) is 0 Å². The number of hydrogen-bond donors (Lipinski definition) is 1. The summed E-state index contributed by atoms with van der Waals surface area (Å²) in [6.45, 7) is -1.01. The SMILES string of the molecule is CCc1c(-c2ccccc2OC(F)F)noc1N. The molecule has 96 valence electrons. The standard InChI is InChI=1S/C12H12F2N2O2/c1-2-7-10(16-18-11(7)15)8-5-3-4-6-9(8)17-12(13)14/h3-6,12H,2,15H2,1H3. The minimum atomic E-state index is -2.89. The first-order valence-electron chi connectivity index (χ1n) is 5.41. The Kier molecular flexibility index (Phi) is 3.45. The summed E-state index contributed by atoms with van der Waals surface area (Å²) >= 11 is 0. The van der Waals surface area contributed by atoms with E-state index < -0.39 is 6.61 Å². The lowest BCUT2D eigenvalue weighted by Crippen LogP contribution is -2.03. The number of anilines is 1. The summed E-state index contributed by atoms with van der Waals surface area (Å²) in [6.07, 6.45) is 0.591. The Morgan fingerprint density at radius 2 is 2.11 bits per heavy atom. The summed E-state index contributed by atoms with van der Waals surface area (Å²) in [5.74, 6) is 0.245. The molecular formula is C12H12F2N2O2. The minimum Gasteiger partial charge on any atom is -0.434 e. The number of nitrogens with zero attached hydrogens (tertiary/aromatic N) is 1. The van der Waals surface area contributed by atoms with Crippen molar-refractivity contribution in [1.82, 2.24) is 5.16 Å². The number of halogens is 2. The second-order valence-electron chi connectivity index (χ2n) is 3.60. The van der Waals surface area contributed by atoms with Gasteiger partial charge in [-0.1, -0.05) is 24.2 Å². The average molecular weight is 254 g/mol. The third-order valence-electron chi connectivity index (χ3n) is 2.53.